The number of carbonyl (C=O) groups excluding carboxylic acids is 1. The molecule has 5 heteroatoms. The molecule has 0 aliphatic heterocycles. The highest BCUT2D eigenvalue weighted by atomic mass is 16.5. The summed E-state index contributed by atoms with van der Waals surface area (Å²) < 4.78 is 7.22. The van der Waals surface area contributed by atoms with Crippen LogP contribution in [0.3, 0.4) is 0 Å². The van der Waals surface area contributed by atoms with Crippen LogP contribution in [0.15, 0.2) is 48.8 Å². The summed E-state index contributed by atoms with van der Waals surface area (Å²) in [4.78, 5) is 16.3. The molecule has 1 aromatic carbocycles. The molecule has 0 aliphatic carbocycles. The predicted molar refractivity (Wildman–Crippen MR) is 86.1 cm³/mol. The van der Waals surface area contributed by atoms with Crippen molar-refractivity contribution in [3.05, 3.63) is 54.4 Å². The molecule has 1 amide bonds. The number of anilines is 1. The van der Waals surface area contributed by atoms with Gasteiger partial charge in [0.25, 0.3) is 0 Å². The second-order valence-electron chi connectivity index (χ2n) is 5.11. The highest BCUT2D eigenvalue weighted by molar-refractivity contribution is 5.92. The van der Waals surface area contributed by atoms with E-state index in [1.165, 1.54) is 0 Å². The van der Waals surface area contributed by atoms with Gasteiger partial charge in [0, 0.05) is 17.8 Å². The Morgan fingerprint density at radius 3 is 2.86 bits per heavy atom. The maximum atomic E-state index is 12.2. The van der Waals surface area contributed by atoms with Gasteiger partial charge in [-0.1, -0.05) is 12.1 Å². The molecule has 3 aromatic rings. The second-order valence-corrected chi connectivity index (χ2v) is 5.11. The number of aryl methyl sites for hydroxylation is 1. The topological polar surface area (TPSA) is 56.1 Å². The van der Waals surface area contributed by atoms with E-state index in [1.54, 1.807) is 19.4 Å². The fraction of sp³-hybridized carbons (Fsp3) is 0.176. The first-order chi connectivity index (χ1) is 10.7. The van der Waals surface area contributed by atoms with Crippen molar-refractivity contribution in [3.8, 4) is 5.75 Å². The van der Waals surface area contributed by atoms with Crippen LogP contribution in [0.2, 0.25) is 0 Å². The van der Waals surface area contributed by atoms with E-state index in [2.05, 4.69) is 10.3 Å². The van der Waals surface area contributed by atoms with Gasteiger partial charge >= 0.3 is 0 Å². The van der Waals surface area contributed by atoms with E-state index >= 15 is 0 Å². The lowest BCUT2D eigenvalue weighted by atomic mass is 10.2. The Labute approximate surface area is 128 Å². The van der Waals surface area contributed by atoms with Crippen molar-refractivity contribution in [2.24, 2.45) is 0 Å². The zero-order valence-corrected chi connectivity index (χ0v) is 12.5. The Morgan fingerprint density at radius 2 is 2.14 bits per heavy atom. The van der Waals surface area contributed by atoms with Crippen LogP contribution >= 0.6 is 0 Å². The van der Waals surface area contributed by atoms with Crippen molar-refractivity contribution >= 4 is 22.6 Å². The first kappa shape index (κ1) is 14.1. The molecule has 0 unspecified atom stereocenters. The SMILES string of the molecule is COc1cccc2c1ccn2CC(=O)Nc1ccc(C)cn1. The normalized spacial score (nSPS) is 10.6. The summed E-state index contributed by atoms with van der Waals surface area (Å²) in [6.07, 6.45) is 3.61. The van der Waals surface area contributed by atoms with E-state index in [1.807, 2.05) is 48.0 Å². The quantitative estimate of drug-likeness (QED) is 0.805. The zero-order chi connectivity index (χ0) is 15.5. The van der Waals surface area contributed by atoms with Crippen LogP contribution in [0.1, 0.15) is 5.56 Å². The molecule has 0 spiro atoms. The number of methoxy groups -OCH3 is 1. The first-order valence-electron chi connectivity index (χ1n) is 7.02. The van der Waals surface area contributed by atoms with Crippen LogP contribution in [0.25, 0.3) is 10.9 Å². The van der Waals surface area contributed by atoms with Crippen LogP contribution in [0.4, 0.5) is 5.82 Å². The van der Waals surface area contributed by atoms with E-state index in [0.29, 0.717) is 5.82 Å². The van der Waals surface area contributed by atoms with Crippen molar-refractivity contribution < 1.29 is 9.53 Å². The number of amides is 1. The summed E-state index contributed by atoms with van der Waals surface area (Å²) in [5.41, 5.74) is 2.02. The number of nitrogens with zero attached hydrogens (tertiary/aromatic N) is 2. The van der Waals surface area contributed by atoms with Crippen LogP contribution in [0.5, 0.6) is 5.75 Å². The van der Waals surface area contributed by atoms with Gasteiger partial charge in [-0.3, -0.25) is 4.79 Å². The predicted octanol–water partition coefficient (Wildman–Crippen LogP) is 2.99. The van der Waals surface area contributed by atoms with E-state index in [-0.39, 0.29) is 12.5 Å². The van der Waals surface area contributed by atoms with Crippen molar-refractivity contribution in [1.29, 1.82) is 0 Å². The van der Waals surface area contributed by atoms with E-state index in [0.717, 1.165) is 22.2 Å². The summed E-state index contributed by atoms with van der Waals surface area (Å²) in [6, 6.07) is 11.4. The van der Waals surface area contributed by atoms with Crippen LogP contribution < -0.4 is 10.1 Å². The number of carbonyl (C=O) groups is 1. The maximum absolute atomic E-state index is 12.2. The number of aromatic nitrogens is 2. The molecular weight excluding hydrogens is 278 g/mol. The molecule has 3 rings (SSSR count). The molecule has 0 atom stereocenters. The minimum Gasteiger partial charge on any atom is -0.496 e. The van der Waals surface area contributed by atoms with Gasteiger partial charge in [0.15, 0.2) is 0 Å². The lowest BCUT2D eigenvalue weighted by Gasteiger charge is -2.08. The fourth-order valence-corrected chi connectivity index (χ4v) is 2.39. The maximum Gasteiger partial charge on any atom is 0.245 e. The highest BCUT2D eigenvalue weighted by Gasteiger charge is 2.09. The average Bonchev–Trinajstić information content (AvgIpc) is 2.92. The van der Waals surface area contributed by atoms with Crippen LogP contribution in [0, 0.1) is 6.92 Å². The van der Waals surface area contributed by atoms with Gasteiger partial charge < -0.3 is 14.6 Å². The molecule has 0 aliphatic rings. The molecular formula is C17H17N3O2. The first-order valence-corrected chi connectivity index (χ1v) is 7.02. The third-order valence-electron chi connectivity index (χ3n) is 3.49. The Kier molecular flexibility index (Phi) is 3.78. The van der Waals surface area contributed by atoms with E-state index in [4.69, 9.17) is 4.74 Å². The molecule has 5 nitrogen and oxygen atoms in total. The fourth-order valence-electron chi connectivity index (χ4n) is 2.39. The van der Waals surface area contributed by atoms with Crippen molar-refractivity contribution in [3.63, 3.8) is 0 Å². The summed E-state index contributed by atoms with van der Waals surface area (Å²) in [5, 5.41) is 3.79. The monoisotopic (exact) mass is 295 g/mol. The van der Waals surface area contributed by atoms with E-state index < -0.39 is 0 Å². The van der Waals surface area contributed by atoms with Gasteiger partial charge in [-0.2, -0.15) is 0 Å². The molecule has 22 heavy (non-hydrogen) atoms. The molecule has 0 bridgehead atoms. The number of hydrogen-bond donors (Lipinski definition) is 1. The van der Waals surface area contributed by atoms with Crippen LogP contribution in [-0.4, -0.2) is 22.6 Å². The summed E-state index contributed by atoms with van der Waals surface area (Å²) >= 11 is 0. The minimum absolute atomic E-state index is 0.114. The summed E-state index contributed by atoms with van der Waals surface area (Å²) in [7, 11) is 1.64. The number of pyridine rings is 1. The zero-order valence-electron chi connectivity index (χ0n) is 12.5. The van der Waals surface area contributed by atoms with Crippen molar-refractivity contribution in [2.75, 3.05) is 12.4 Å². The van der Waals surface area contributed by atoms with Gasteiger partial charge in [0.1, 0.15) is 18.1 Å². The summed E-state index contributed by atoms with van der Waals surface area (Å²) in [5.74, 6) is 1.25. The van der Waals surface area contributed by atoms with Gasteiger partial charge in [-0.25, -0.2) is 4.98 Å². The third-order valence-corrected chi connectivity index (χ3v) is 3.49. The van der Waals surface area contributed by atoms with Gasteiger partial charge in [-0.15, -0.1) is 0 Å². The second kappa shape index (κ2) is 5.89. The van der Waals surface area contributed by atoms with Crippen molar-refractivity contribution in [1.82, 2.24) is 9.55 Å². The molecule has 1 N–H and O–H groups in total. The lowest BCUT2D eigenvalue weighted by molar-refractivity contribution is -0.116. The largest absolute Gasteiger partial charge is 0.496 e. The molecule has 0 radical (unpaired) electrons. The Bertz CT molecular complexity index is 806. The van der Waals surface area contributed by atoms with Gasteiger partial charge in [0.05, 0.1) is 12.6 Å². The number of fused-ring (bicyclic) bond motifs is 1. The Morgan fingerprint density at radius 1 is 1.27 bits per heavy atom. The number of hydrogen-bond acceptors (Lipinski definition) is 3. The molecule has 112 valence electrons. The molecule has 0 saturated carbocycles. The molecule has 2 heterocycles. The van der Waals surface area contributed by atoms with Gasteiger partial charge in [0.2, 0.25) is 5.91 Å². The number of rotatable bonds is 4. The van der Waals surface area contributed by atoms with Gasteiger partial charge in [-0.05, 0) is 36.8 Å². The molecule has 0 fully saturated rings. The Hall–Kier alpha value is -2.82. The van der Waals surface area contributed by atoms with Crippen molar-refractivity contribution in [2.45, 2.75) is 13.5 Å². The van der Waals surface area contributed by atoms with Crippen LogP contribution in [-0.2, 0) is 11.3 Å². The minimum atomic E-state index is -0.114. The lowest BCUT2D eigenvalue weighted by Crippen LogP contribution is -2.18. The summed E-state index contributed by atoms with van der Waals surface area (Å²) in [6.45, 7) is 2.18. The Balaban J connectivity index is 1.78. The molecule has 0 saturated heterocycles. The molecule has 2 aromatic heterocycles. The highest BCUT2D eigenvalue weighted by Crippen LogP contribution is 2.26. The number of benzene rings is 1. The average molecular weight is 295 g/mol. The standard InChI is InChI=1S/C17H17N3O2/c1-12-6-7-16(18-10-12)19-17(21)11-20-9-8-13-14(20)4-3-5-15(13)22-2/h3-10H,11H2,1-2H3,(H,18,19,21). The third kappa shape index (κ3) is 2.79. The van der Waals surface area contributed by atoms with E-state index in [9.17, 15) is 4.79 Å². The number of ether oxygens (including phenoxy) is 1. The smallest absolute Gasteiger partial charge is 0.245 e. The number of nitrogens with one attached hydrogen (secondary N) is 1.